The molecule has 1 aliphatic heterocycles. The number of hydrogen-bond acceptors (Lipinski definition) is 2. The second-order valence-corrected chi connectivity index (χ2v) is 6.14. The number of thioether (sulfide) groups is 1. The highest BCUT2D eigenvalue weighted by molar-refractivity contribution is 7.99. The van der Waals surface area contributed by atoms with Gasteiger partial charge in [0.2, 0.25) is 0 Å². The molecule has 1 saturated carbocycles. The maximum Gasteiger partial charge on any atom is -0.000814 e. The molecule has 2 heteroatoms. The molecule has 0 aromatic rings. The van der Waals surface area contributed by atoms with Gasteiger partial charge in [-0.2, -0.15) is 11.8 Å². The van der Waals surface area contributed by atoms with E-state index in [1.807, 2.05) is 0 Å². The van der Waals surface area contributed by atoms with Crippen molar-refractivity contribution in [2.75, 3.05) is 18.1 Å². The van der Waals surface area contributed by atoms with Gasteiger partial charge in [0.15, 0.2) is 0 Å². The second kappa shape index (κ2) is 4.89. The molecule has 1 heterocycles. The molecule has 2 N–H and O–H groups in total. The summed E-state index contributed by atoms with van der Waals surface area (Å²) in [4.78, 5) is 0. The van der Waals surface area contributed by atoms with Gasteiger partial charge in [0.1, 0.15) is 0 Å². The van der Waals surface area contributed by atoms with Crippen molar-refractivity contribution in [3.8, 4) is 0 Å². The van der Waals surface area contributed by atoms with E-state index in [-0.39, 0.29) is 0 Å². The highest BCUT2D eigenvalue weighted by Crippen LogP contribution is 2.50. The Morgan fingerprint density at radius 1 is 1.21 bits per heavy atom. The minimum atomic E-state index is 0.709. The van der Waals surface area contributed by atoms with Gasteiger partial charge >= 0.3 is 0 Å². The fraction of sp³-hybridized carbons (Fsp3) is 1.00. The number of nitrogens with two attached hydrogens (primary N) is 1. The van der Waals surface area contributed by atoms with Crippen LogP contribution in [-0.4, -0.2) is 18.1 Å². The summed E-state index contributed by atoms with van der Waals surface area (Å²) in [7, 11) is 0. The maximum absolute atomic E-state index is 5.74. The van der Waals surface area contributed by atoms with Gasteiger partial charge in [-0.1, -0.05) is 19.3 Å². The Kier molecular flexibility index (Phi) is 3.78. The van der Waals surface area contributed by atoms with Crippen LogP contribution in [0.2, 0.25) is 0 Å². The van der Waals surface area contributed by atoms with Gasteiger partial charge in [-0.05, 0) is 55.1 Å². The summed E-state index contributed by atoms with van der Waals surface area (Å²) in [5.41, 5.74) is 6.45. The molecule has 82 valence electrons. The van der Waals surface area contributed by atoms with E-state index < -0.39 is 0 Å². The Bertz CT molecular complexity index is 165. The molecule has 0 amide bonds. The average Bonchev–Trinajstić information content (AvgIpc) is 2.23. The highest BCUT2D eigenvalue weighted by Gasteiger charge is 2.40. The fourth-order valence-corrected chi connectivity index (χ4v) is 4.91. The summed E-state index contributed by atoms with van der Waals surface area (Å²) in [5, 5.41) is 0. The third-order valence-electron chi connectivity index (χ3n) is 4.23. The van der Waals surface area contributed by atoms with Gasteiger partial charge in [0.05, 0.1) is 0 Å². The van der Waals surface area contributed by atoms with Crippen molar-refractivity contribution in [2.24, 2.45) is 17.1 Å². The van der Waals surface area contributed by atoms with Gasteiger partial charge in [-0.25, -0.2) is 0 Å². The SMILES string of the molecule is NCCC1CCSCC12CCCCC2. The zero-order valence-electron chi connectivity index (χ0n) is 9.13. The van der Waals surface area contributed by atoms with Crippen LogP contribution in [0.1, 0.15) is 44.9 Å². The van der Waals surface area contributed by atoms with E-state index in [1.165, 1.54) is 56.5 Å². The summed E-state index contributed by atoms with van der Waals surface area (Å²) < 4.78 is 0. The highest BCUT2D eigenvalue weighted by atomic mass is 32.2. The lowest BCUT2D eigenvalue weighted by Crippen LogP contribution is -2.39. The van der Waals surface area contributed by atoms with E-state index in [9.17, 15) is 0 Å². The fourth-order valence-electron chi connectivity index (χ4n) is 3.39. The van der Waals surface area contributed by atoms with Crippen molar-refractivity contribution in [3.63, 3.8) is 0 Å². The molecule has 1 nitrogen and oxygen atoms in total. The summed E-state index contributed by atoms with van der Waals surface area (Å²) in [5.74, 6) is 3.76. The van der Waals surface area contributed by atoms with E-state index in [0.29, 0.717) is 5.41 Å². The van der Waals surface area contributed by atoms with Crippen LogP contribution in [0, 0.1) is 11.3 Å². The topological polar surface area (TPSA) is 26.0 Å². The molecule has 2 rings (SSSR count). The van der Waals surface area contributed by atoms with Gasteiger partial charge in [-0.15, -0.1) is 0 Å². The molecule has 1 spiro atoms. The van der Waals surface area contributed by atoms with Crippen LogP contribution in [0.3, 0.4) is 0 Å². The van der Waals surface area contributed by atoms with Crippen molar-refractivity contribution in [1.29, 1.82) is 0 Å². The molecule has 0 bridgehead atoms. The molecule has 1 aliphatic carbocycles. The van der Waals surface area contributed by atoms with Gasteiger partial charge < -0.3 is 5.73 Å². The van der Waals surface area contributed by atoms with Crippen LogP contribution in [0.4, 0.5) is 0 Å². The molecule has 2 aliphatic rings. The zero-order chi connectivity index (χ0) is 9.86. The summed E-state index contributed by atoms with van der Waals surface area (Å²) in [6.07, 6.45) is 10.1. The van der Waals surface area contributed by atoms with Crippen molar-refractivity contribution in [3.05, 3.63) is 0 Å². The Morgan fingerprint density at radius 2 is 2.00 bits per heavy atom. The molecule has 0 radical (unpaired) electrons. The van der Waals surface area contributed by atoms with E-state index in [0.717, 1.165) is 12.5 Å². The predicted octanol–water partition coefficient (Wildman–Crippen LogP) is 3.04. The van der Waals surface area contributed by atoms with Crippen molar-refractivity contribution in [2.45, 2.75) is 44.9 Å². The normalized spacial score (nSPS) is 31.9. The molecule has 1 saturated heterocycles. The molecular formula is C12H23NS. The first-order chi connectivity index (χ1) is 6.87. The van der Waals surface area contributed by atoms with Crippen LogP contribution < -0.4 is 5.73 Å². The number of hydrogen-bond donors (Lipinski definition) is 1. The summed E-state index contributed by atoms with van der Waals surface area (Å²) >= 11 is 2.19. The van der Waals surface area contributed by atoms with Gasteiger partial charge in [0, 0.05) is 0 Å². The maximum atomic E-state index is 5.74. The Balaban J connectivity index is 2.02. The van der Waals surface area contributed by atoms with E-state index >= 15 is 0 Å². The molecule has 1 unspecified atom stereocenters. The predicted molar refractivity (Wildman–Crippen MR) is 64.6 cm³/mol. The largest absolute Gasteiger partial charge is 0.330 e. The monoisotopic (exact) mass is 213 g/mol. The summed E-state index contributed by atoms with van der Waals surface area (Å²) in [6, 6.07) is 0. The van der Waals surface area contributed by atoms with Crippen LogP contribution in [-0.2, 0) is 0 Å². The third-order valence-corrected chi connectivity index (χ3v) is 5.53. The Morgan fingerprint density at radius 3 is 2.71 bits per heavy atom. The van der Waals surface area contributed by atoms with Crippen LogP contribution in [0.15, 0.2) is 0 Å². The van der Waals surface area contributed by atoms with E-state index in [1.54, 1.807) is 0 Å². The average molecular weight is 213 g/mol. The first-order valence-corrected chi connectivity index (χ1v) is 7.31. The minimum absolute atomic E-state index is 0.709. The van der Waals surface area contributed by atoms with E-state index in [2.05, 4.69) is 11.8 Å². The van der Waals surface area contributed by atoms with Gasteiger partial charge in [-0.3, -0.25) is 0 Å². The lowest BCUT2D eigenvalue weighted by atomic mass is 9.65. The number of rotatable bonds is 2. The van der Waals surface area contributed by atoms with Crippen molar-refractivity contribution in [1.82, 2.24) is 0 Å². The first-order valence-electron chi connectivity index (χ1n) is 6.15. The lowest BCUT2D eigenvalue weighted by Gasteiger charge is -2.46. The quantitative estimate of drug-likeness (QED) is 0.763. The minimum Gasteiger partial charge on any atom is -0.330 e. The lowest BCUT2D eigenvalue weighted by molar-refractivity contribution is 0.111. The van der Waals surface area contributed by atoms with Crippen LogP contribution >= 0.6 is 11.8 Å². The first kappa shape index (κ1) is 10.8. The summed E-state index contributed by atoms with van der Waals surface area (Å²) in [6.45, 7) is 0.900. The molecule has 1 atom stereocenters. The molecular weight excluding hydrogens is 190 g/mol. The Hall–Kier alpha value is 0.310. The third kappa shape index (κ3) is 2.11. The van der Waals surface area contributed by atoms with Crippen LogP contribution in [0.5, 0.6) is 0 Å². The Labute approximate surface area is 92.2 Å². The molecule has 0 aromatic carbocycles. The second-order valence-electron chi connectivity index (χ2n) is 5.04. The van der Waals surface area contributed by atoms with Gasteiger partial charge in [0.25, 0.3) is 0 Å². The smallest absolute Gasteiger partial charge is 0.000814 e. The van der Waals surface area contributed by atoms with Crippen LogP contribution in [0.25, 0.3) is 0 Å². The van der Waals surface area contributed by atoms with Crippen molar-refractivity contribution < 1.29 is 0 Å². The van der Waals surface area contributed by atoms with E-state index in [4.69, 9.17) is 5.73 Å². The molecule has 14 heavy (non-hydrogen) atoms. The molecule has 2 fully saturated rings. The zero-order valence-corrected chi connectivity index (χ0v) is 9.95. The van der Waals surface area contributed by atoms with Crippen molar-refractivity contribution >= 4 is 11.8 Å². The standard InChI is InChI=1S/C12H23NS/c13-8-4-11-5-9-14-10-12(11)6-2-1-3-7-12/h11H,1-10,13H2. The molecule has 0 aromatic heterocycles.